The smallest absolute Gasteiger partial charge is 0.132 e. The van der Waals surface area contributed by atoms with Crippen LogP contribution in [0.25, 0.3) is 10.8 Å². The minimum Gasteiger partial charge on any atom is -0.507 e. The van der Waals surface area contributed by atoms with Gasteiger partial charge in [0.15, 0.2) is 0 Å². The Labute approximate surface area is 129 Å². The molecular weight excluding hydrogens is 274 g/mol. The number of hydrogen-bond donors (Lipinski definition) is 1. The molecule has 0 atom stereocenters. The van der Waals surface area contributed by atoms with Crippen LogP contribution in [0, 0.1) is 0 Å². The van der Waals surface area contributed by atoms with Crippen molar-refractivity contribution >= 4 is 22.7 Å². The zero-order chi connectivity index (χ0) is 15.4. The van der Waals surface area contributed by atoms with Crippen molar-refractivity contribution in [3.05, 3.63) is 66.2 Å². The van der Waals surface area contributed by atoms with Gasteiger partial charge in [0.2, 0.25) is 0 Å². The molecular formula is C19H17NO2. The SMILES string of the molecule is CCOc1cccc(N=Cc2ccc3ccccc3c2O)c1. The van der Waals surface area contributed by atoms with E-state index in [0.29, 0.717) is 12.2 Å². The summed E-state index contributed by atoms with van der Waals surface area (Å²) in [5.74, 6) is 1.04. The van der Waals surface area contributed by atoms with Crippen LogP contribution >= 0.6 is 0 Å². The van der Waals surface area contributed by atoms with Gasteiger partial charge in [0, 0.05) is 23.2 Å². The first kappa shape index (κ1) is 14.1. The van der Waals surface area contributed by atoms with Gasteiger partial charge in [0.25, 0.3) is 0 Å². The fourth-order valence-corrected chi connectivity index (χ4v) is 2.34. The zero-order valence-electron chi connectivity index (χ0n) is 12.4. The molecule has 0 spiro atoms. The van der Waals surface area contributed by atoms with Gasteiger partial charge in [-0.25, -0.2) is 0 Å². The molecule has 3 nitrogen and oxygen atoms in total. The van der Waals surface area contributed by atoms with Crippen LogP contribution in [0.1, 0.15) is 12.5 Å². The molecule has 0 aliphatic heterocycles. The molecule has 0 aliphatic rings. The van der Waals surface area contributed by atoms with Crippen molar-refractivity contribution in [1.82, 2.24) is 0 Å². The topological polar surface area (TPSA) is 41.8 Å². The predicted octanol–water partition coefficient (Wildman–Crippen LogP) is 4.69. The van der Waals surface area contributed by atoms with Crippen molar-refractivity contribution in [3.8, 4) is 11.5 Å². The van der Waals surface area contributed by atoms with Crippen molar-refractivity contribution in [2.24, 2.45) is 4.99 Å². The standard InChI is InChI=1S/C19H17NO2/c1-2-22-17-8-5-7-16(12-17)20-13-15-11-10-14-6-3-4-9-18(14)19(15)21/h3-13,21H,2H2,1H3. The average molecular weight is 291 g/mol. The number of fused-ring (bicyclic) bond motifs is 1. The molecule has 3 rings (SSSR count). The maximum absolute atomic E-state index is 10.4. The molecule has 0 saturated carbocycles. The highest BCUT2D eigenvalue weighted by Gasteiger charge is 2.04. The normalized spacial score (nSPS) is 11.1. The van der Waals surface area contributed by atoms with E-state index in [2.05, 4.69) is 4.99 Å². The lowest BCUT2D eigenvalue weighted by Gasteiger charge is -2.05. The van der Waals surface area contributed by atoms with E-state index in [-0.39, 0.29) is 5.75 Å². The molecule has 0 heterocycles. The predicted molar refractivity (Wildman–Crippen MR) is 90.5 cm³/mol. The molecule has 110 valence electrons. The van der Waals surface area contributed by atoms with E-state index in [0.717, 1.165) is 22.2 Å². The largest absolute Gasteiger partial charge is 0.507 e. The molecule has 0 aliphatic carbocycles. The third-order valence-electron chi connectivity index (χ3n) is 3.41. The third-order valence-corrected chi connectivity index (χ3v) is 3.41. The molecule has 0 aromatic heterocycles. The lowest BCUT2D eigenvalue weighted by atomic mass is 10.1. The van der Waals surface area contributed by atoms with Gasteiger partial charge >= 0.3 is 0 Å². The first-order valence-corrected chi connectivity index (χ1v) is 7.25. The number of aromatic hydroxyl groups is 1. The molecule has 0 amide bonds. The number of benzene rings is 3. The summed E-state index contributed by atoms with van der Waals surface area (Å²) in [4.78, 5) is 4.42. The summed E-state index contributed by atoms with van der Waals surface area (Å²) in [6.07, 6.45) is 1.67. The quantitative estimate of drug-likeness (QED) is 0.708. The Kier molecular flexibility index (Phi) is 4.05. The number of aliphatic imine (C=N–C) groups is 1. The van der Waals surface area contributed by atoms with E-state index in [9.17, 15) is 5.11 Å². The maximum Gasteiger partial charge on any atom is 0.132 e. The molecule has 22 heavy (non-hydrogen) atoms. The molecule has 1 N–H and O–H groups in total. The summed E-state index contributed by atoms with van der Waals surface area (Å²) >= 11 is 0. The van der Waals surface area contributed by atoms with Gasteiger partial charge in [-0.2, -0.15) is 0 Å². The fourth-order valence-electron chi connectivity index (χ4n) is 2.34. The Morgan fingerprint density at radius 1 is 1.05 bits per heavy atom. The maximum atomic E-state index is 10.4. The summed E-state index contributed by atoms with van der Waals surface area (Å²) in [7, 11) is 0. The Hall–Kier alpha value is -2.81. The monoisotopic (exact) mass is 291 g/mol. The van der Waals surface area contributed by atoms with Gasteiger partial charge in [-0.15, -0.1) is 0 Å². The van der Waals surface area contributed by atoms with E-state index in [1.165, 1.54) is 0 Å². The van der Waals surface area contributed by atoms with Crippen LogP contribution in [0.15, 0.2) is 65.7 Å². The molecule has 0 unspecified atom stereocenters. The van der Waals surface area contributed by atoms with Crippen molar-refractivity contribution in [2.45, 2.75) is 6.92 Å². The fraction of sp³-hybridized carbons (Fsp3) is 0.105. The molecule has 0 saturated heterocycles. The van der Waals surface area contributed by atoms with E-state index in [1.807, 2.05) is 67.6 Å². The zero-order valence-corrected chi connectivity index (χ0v) is 12.4. The minimum atomic E-state index is 0.253. The lowest BCUT2D eigenvalue weighted by molar-refractivity contribution is 0.340. The van der Waals surface area contributed by atoms with Crippen LogP contribution in [0.4, 0.5) is 5.69 Å². The number of phenols is 1. The number of rotatable bonds is 4. The Morgan fingerprint density at radius 2 is 1.91 bits per heavy atom. The summed E-state index contributed by atoms with van der Waals surface area (Å²) in [5, 5.41) is 12.2. The first-order valence-electron chi connectivity index (χ1n) is 7.25. The molecule has 0 bridgehead atoms. The highest BCUT2D eigenvalue weighted by atomic mass is 16.5. The van der Waals surface area contributed by atoms with Gasteiger partial charge < -0.3 is 9.84 Å². The second kappa shape index (κ2) is 6.31. The second-order valence-electron chi connectivity index (χ2n) is 4.91. The molecule has 3 heteroatoms. The Morgan fingerprint density at radius 3 is 2.77 bits per heavy atom. The van der Waals surface area contributed by atoms with Crippen LogP contribution in [0.3, 0.4) is 0 Å². The Balaban J connectivity index is 1.92. The van der Waals surface area contributed by atoms with Gasteiger partial charge in [-0.1, -0.05) is 36.4 Å². The molecule has 0 fully saturated rings. The number of phenolic OH excluding ortho intramolecular Hbond substituents is 1. The number of nitrogens with zero attached hydrogens (tertiary/aromatic N) is 1. The second-order valence-corrected chi connectivity index (χ2v) is 4.91. The van der Waals surface area contributed by atoms with E-state index in [1.54, 1.807) is 6.21 Å². The summed E-state index contributed by atoms with van der Waals surface area (Å²) in [6.45, 7) is 2.57. The van der Waals surface area contributed by atoms with Gasteiger partial charge in [-0.05, 0) is 30.5 Å². The summed E-state index contributed by atoms with van der Waals surface area (Å²) < 4.78 is 5.46. The van der Waals surface area contributed by atoms with Gasteiger partial charge in [0.05, 0.1) is 12.3 Å². The summed E-state index contributed by atoms with van der Waals surface area (Å²) in [5.41, 5.74) is 1.49. The lowest BCUT2D eigenvalue weighted by Crippen LogP contribution is -1.90. The van der Waals surface area contributed by atoms with E-state index >= 15 is 0 Å². The number of ether oxygens (including phenoxy) is 1. The molecule has 0 radical (unpaired) electrons. The van der Waals surface area contributed by atoms with E-state index in [4.69, 9.17) is 4.74 Å². The van der Waals surface area contributed by atoms with Crippen LogP contribution < -0.4 is 4.74 Å². The van der Waals surface area contributed by atoms with Crippen molar-refractivity contribution in [1.29, 1.82) is 0 Å². The minimum absolute atomic E-state index is 0.253. The van der Waals surface area contributed by atoms with Crippen molar-refractivity contribution in [2.75, 3.05) is 6.61 Å². The van der Waals surface area contributed by atoms with Crippen LogP contribution in [0.2, 0.25) is 0 Å². The Bertz CT molecular complexity index is 825. The summed E-state index contributed by atoms with van der Waals surface area (Å²) in [6, 6.07) is 19.2. The van der Waals surface area contributed by atoms with Gasteiger partial charge in [-0.3, -0.25) is 4.99 Å². The van der Waals surface area contributed by atoms with Crippen molar-refractivity contribution in [3.63, 3.8) is 0 Å². The third kappa shape index (κ3) is 2.93. The van der Waals surface area contributed by atoms with Crippen molar-refractivity contribution < 1.29 is 9.84 Å². The van der Waals surface area contributed by atoms with Crippen LogP contribution in [-0.4, -0.2) is 17.9 Å². The first-order chi connectivity index (χ1) is 10.8. The molecule has 3 aromatic rings. The highest BCUT2D eigenvalue weighted by molar-refractivity contribution is 5.97. The van der Waals surface area contributed by atoms with Crippen LogP contribution in [-0.2, 0) is 0 Å². The van der Waals surface area contributed by atoms with Gasteiger partial charge in [0.1, 0.15) is 11.5 Å². The average Bonchev–Trinajstić information content (AvgIpc) is 2.55. The highest BCUT2D eigenvalue weighted by Crippen LogP contribution is 2.28. The number of hydrogen-bond acceptors (Lipinski definition) is 3. The van der Waals surface area contributed by atoms with E-state index < -0.39 is 0 Å². The molecule has 3 aromatic carbocycles. The van der Waals surface area contributed by atoms with Crippen LogP contribution in [0.5, 0.6) is 11.5 Å².